The van der Waals surface area contributed by atoms with Gasteiger partial charge in [-0.2, -0.15) is 0 Å². The highest BCUT2D eigenvalue weighted by Gasteiger charge is 2.07. The monoisotopic (exact) mass is 268 g/mol. The zero-order chi connectivity index (χ0) is 13.4. The smallest absolute Gasteiger partial charge is 0.206 e. The summed E-state index contributed by atoms with van der Waals surface area (Å²) in [4.78, 5) is 4.36. The van der Waals surface area contributed by atoms with Crippen LogP contribution >= 0.6 is 11.6 Å². The van der Waals surface area contributed by atoms with Gasteiger partial charge in [-0.1, -0.05) is 37.1 Å². The van der Waals surface area contributed by atoms with Gasteiger partial charge in [0.15, 0.2) is 0 Å². The largest absolute Gasteiger partial charge is 0.349 e. The molecule has 0 heterocycles. The summed E-state index contributed by atoms with van der Waals surface area (Å²) in [6.07, 6.45) is 2.17. The molecule has 0 aliphatic heterocycles. The van der Waals surface area contributed by atoms with Crippen LogP contribution in [0.4, 0.5) is 0 Å². The van der Waals surface area contributed by atoms with Crippen LogP contribution < -0.4 is 16.6 Å². The van der Waals surface area contributed by atoms with E-state index in [-0.39, 0.29) is 6.04 Å². The fourth-order valence-corrected chi connectivity index (χ4v) is 1.74. The first-order valence-electron chi connectivity index (χ1n) is 6.20. The molecule has 1 rings (SSSR count). The van der Waals surface area contributed by atoms with E-state index in [1.807, 2.05) is 31.2 Å². The van der Waals surface area contributed by atoms with Gasteiger partial charge in [0, 0.05) is 11.6 Å². The molecule has 18 heavy (non-hydrogen) atoms. The number of guanidine groups is 1. The Hall–Kier alpha value is -1.26. The Morgan fingerprint density at radius 2 is 2.28 bits per heavy atom. The predicted molar refractivity (Wildman–Crippen MR) is 77.5 cm³/mol. The molecule has 0 saturated heterocycles. The van der Waals surface area contributed by atoms with Crippen molar-refractivity contribution in [1.82, 2.24) is 10.7 Å². The number of nitrogens with one attached hydrogen (secondary N) is 2. The Labute approximate surface area is 114 Å². The van der Waals surface area contributed by atoms with Crippen LogP contribution in [0.15, 0.2) is 29.3 Å². The van der Waals surface area contributed by atoms with E-state index in [0.717, 1.165) is 30.0 Å². The number of aliphatic imine (C=N–C) groups is 1. The third-order valence-corrected chi connectivity index (χ3v) is 2.86. The number of nitrogens with zero attached hydrogens (tertiary/aromatic N) is 1. The van der Waals surface area contributed by atoms with Gasteiger partial charge in [0.1, 0.15) is 0 Å². The molecule has 0 radical (unpaired) electrons. The van der Waals surface area contributed by atoms with Gasteiger partial charge in [-0.15, -0.1) is 0 Å². The van der Waals surface area contributed by atoms with Gasteiger partial charge in [0.05, 0.1) is 6.04 Å². The van der Waals surface area contributed by atoms with Crippen LogP contribution in [0.25, 0.3) is 0 Å². The van der Waals surface area contributed by atoms with E-state index in [9.17, 15) is 0 Å². The fourth-order valence-electron chi connectivity index (χ4n) is 1.55. The first-order valence-corrected chi connectivity index (χ1v) is 6.58. The van der Waals surface area contributed by atoms with Crippen LogP contribution in [0.2, 0.25) is 5.02 Å². The van der Waals surface area contributed by atoms with Gasteiger partial charge in [0.2, 0.25) is 5.96 Å². The van der Waals surface area contributed by atoms with Crippen molar-refractivity contribution in [3.63, 3.8) is 0 Å². The number of hydrogen-bond donors (Lipinski definition) is 3. The first kappa shape index (κ1) is 14.8. The van der Waals surface area contributed by atoms with Crippen LogP contribution in [-0.4, -0.2) is 12.5 Å². The molecule has 100 valence electrons. The lowest BCUT2D eigenvalue weighted by Crippen LogP contribution is -2.42. The summed E-state index contributed by atoms with van der Waals surface area (Å²) in [6.45, 7) is 4.94. The minimum Gasteiger partial charge on any atom is -0.349 e. The van der Waals surface area contributed by atoms with Crippen LogP contribution in [0.3, 0.4) is 0 Å². The average molecular weight is 269 g/mol. The van der Waals surface area contributed by atoms with Crippen molar-refractivity contribution < 1.29 is 0 Å². The number of nitrogens with two attached hydrogens (primary N) is 1. The van der Waals surface area contributed by atoms with Gasteiger partial charge < -0.3 is 5.32 Å². The number of hydrogen-bond acceptors (Lipinski definition) is 2. The molecule has 0 aliphatic rings. The lowest BCUT2D eigenvalue weighted by molar-refractivity contribution is 0.683. The maximum Gasteiger partial charge on any atom is 0.206 e. The lowest BCUT2D eigenvalue weighted by atomic mass is 10.1. The van der Waals surface area contributed by atoms with E-state index in [1.54, 1.807) is 0 Å². The number of benzene rings is 1. The average Bonchev–Trinajstić information content (AvgIpc) is 2.37. The highest BCUT2D eigenvalue weighted by atomic mass is 35.5. The second kappa shape index (κ2) is 7.95. The summed E-state index contributed by atoms with van der Waals surface area (Å²) in [6, 6.07) is 7.83. The zero-order valence-electron chi connectivity index (χ0n) is 10.9. The van der Waals surface area contributed by atoms with Gasteiger partial charge in [-0.3, -0.25) is 10.4 Å². The van der Waals surface area contributed by atoms with Crippen molar-refractivity contribution in [2.24, 2.45) is 10.8 Å². The van der Waals surface area contributed by atoms with E-state index in [1.165, 1.54) is 0 Å². The molecule has 0 bridgehead atoms. The molecule has 1 unspecified atom stereocenters. The number of halogens is 1. The van der Waals surface area contributed by atoms with Crippen LogP contribution in [0, 0.1) is 0 Å². The Morgan fingerprint density at radius 1 is 1.50 bits per heavy atom. The van der Waals surface area contributed by atoms with Crippen molar-refractivity contribution in [2.45, 2.75) is 32.7 Å². The minimum atomic E-state index is 0.0973. The molecule has 1 atom stereocenters. The molecule has 0 amide bonds. The SMILES string of the molecule is CCCCN=C(NN)NC(C)c1cccc(Cl)c1. The molecular weight excluding hydrogens is 248 g/mol. The quantitative estimate of drug-likeness (QED) is 0.253. The molecule has 4 N–H and O–H groups in total. The molecule has 0 aromatic heterocycles. The van der Waals surface area contributed by atoms with Crippen molar-refractivity contribution in [1.29, 1.82) is 0 Å². The van der Waals surface area contributed by atoms with Crippen LogP contribution in [0.1, 0.15) is 38.3 Å². The maximum absolute atomic E-state index is 5.96. The maximum atomic E-state index is 5.96. The first-order chi connectivity index (χ1) is 8.67. The van der Waals surface area contributed by atoms with Crippen molar-refractivity contribution >= 4 is 17.6 Å². The van der Waals surface area contributed by atoms with Crippen LogP contribution in [0.5, 0.6) is 0 Å². The summed E-state index contributed by atoms with van der Waals surface area (Å²) in [7, 11) is 0. The zero-order valence-corrected chi connectivity index (χ0v) is 11.7. The molecule has 0 aliphatic carbocycles. The molecule has 0 spiro atoms. The van der Waals surface area contributed by atoms with Crippen LogP contribution in [-0.2, 0) is 0 Å². The second-order valence-corrected chi connectivity index (χ2v) is 4.59. The standard InChI is InChI=1S/C13H21ClN4/c1-3-4-8-16-13(18-15)17-10(2)11-6-5-7-12(14)9-11/h5-7,9-10H,3-4,8,15H2,1-2H3,(H2,16,17,18). The van der Waals surface area contributed by atoms with E-state index >= 15 is 0 Å². The Bertz CT molecular complexity index is 392. The molecule has 1 aromatic carbocycles. The van der Waals surface area contributed by atoms with Crippen molar-refractivity contribution in [3.8, 4) is 0 Å². The molecule has 1 aromatic rings. The second-order valence-electron chi connectivity index (χ2n) is 4.15. The Morgan fingerprint density at radius 3 is 2.89 bits per heavy atom. The topological polar surface area (TPSA) is 62.4 Å². The van der Waals surface area contributed by atoms with Gasteiger partial charge in [-0.25, -0.2) is 5.84 Å². The Kier molecular flexibility index (Phi) is 6.54. The van der Waals surface area contributed by atoms with E-state index < -0.39 is 0 Å². The van der Waals surface area contributed by atoms with Gasteiger partial charge >= 0.3 is 0 Å². The highest BCUT2D eigenvalue weighted by Crippen LogP contribution is 2.17. The van der Waals surface area contributed by atoms with E-state index in [2.05, 4.69) is 22.7 Å². The minimum absolute atomic E-state index is 0.0973. The number of hydrazine groups is 1. The van der Waals surface area contributed by atoms with E-state index in [4.69, 9.17) is 17.4 Å². The van der Waals surface area contributed by atoms with Gasteiger partial charge in [0.25, 0.3) is 0 Å². The summed E-state index contributed by atoms with van der Waals surface area (Å²) in [5.74, 6) is 6.05. The fraction of sp³-hybridized carbons (Fsp3) is 0.462. The van der Waals surface area contributed by atoms with Crippen molar-refractivity contribution in [3.05, 3.63) is 34.9 Å². The summed E-state index contributed by atoms with van der Waals surface area (Å²) < 4.78 is 0. The molecular formula is C13H21ClN4. The third-order valence-electron chi connectivity index (χ3n) is 2.62. The predicted octanol–water partition coefficient (Wildman–Crippen LogP) is 2.61. The van der Waals surface area contributed by atoms with Crippen molar-refractivity contribution in [2.75, 3.05) is 6.54 Å². The van der Waals surface area contributed by atoms with E-state index in [0.29, 0.717) is 5.96 Å². The molecule has 5 heteroatoms. The molecule has 4 nitrogen and oxygen atoms in total. The number of rotatable bonds is 5. The third kappa shape index (κ3) is 4.94. The molecule has 0 fully saturated rings. The lowest BCUT2D eigenvalue weighted by Gasteiger charge is -2.17. The highest BCUT2D eigenvalue weighted by molar-refractivity contribution is 6.30. The van der Waals surface area contributed by atoms with Gasteiger partial charge in [-0.05, 0) is 31.0 Å². The normalized spacial score (nSPS) is 13.2. The summed E-state index contributed by atoms with van der Waals surface area (Å²) >= 11 is 5.96. The molecule has 0 saturated carbocycles. The summed E-state index contributed by atoms with van der Waals surface area (Å²) in [5, 5.41) is 3.95. The summed E-state index contributed by atoms with van der Waals surface area (Å²) in [5.41, 5.74) is 3.68. The Balaban J connectivity index is 2.61. The number of unbranched alkanes of at least 4 members (excludes halogenated alkanes) is 1.